The molecule has 148 valence electrons. The van der Waals surface area contributed by atoms with Gasteiger partial charge in [-0.2, -0.15) is 0 Å². The molecule has 0 bridgehead atoms. The van der Waals surface area contributed by atoms with E-state index >= 15 is 0 Å². The van der Waals surface area contributed by atoms with Crippen molar-refractivity contribution in [3.8, 4) is 0 Å². The zero-order valence-electron chi connectivity index (χ0n) is 15.2. The fraction of sp³-hybridized carbons (Fsp3) is 0.750. The summed E-state index contributed by atoms with van der Waals surface area (Å²) in [4.78, 5) is 46.6. The first-order chi connectivity index (χ1) is 12.2. The highest BCUT2D eigenvalue weighted by Crippen LogP contribution is 2.07. The Hall–Kier alpha value is -2.20. The first-order valence-corrected chi connectivity index (χ1v) is 8.12. The first-order valence-electron chi connectivity index (χ1n) is 8.12. The highest BCUT2D eigenvalue weighted by atomic mass is 16.6. The van der Waals surface area contributed by atoms with Crippen LogP contribution >= 0.6 is 0 Å². The third-order valence-electron chi connectivity index (χ3n) is 3.47. The monoisotopic (exact) mass is 376 g/mol. The Kier molecular flexibility index (Phi) is 9.00. The van der Waals surface area contributed by atoms with Crippen molar-refractivity contribution in [3.63, 3.8) is 0 Å². The minimum absolute atomic E-state index is 0.470. The third-order valence-corrected chi connectivity index (χ3v) is 3.47. The third kappa shape index (κ3) is 8.26. The van der Waals surface area contributed by atoms with Gasteiger partial charge in [0.1, 0.15) is 50.8 Å². The Morgan fingerprint density at radius 3 is 0.885 bits per heavy atom. The van der Waals surface area contributed by atoms with E-state index in [2.05, 4.69) is 0 Å². The summed E-state index contributed by atoms with van der Waals surface area (Å²) in [6.45, 7) is 4.25. The predicted molar refractivity (Wildman–Crippen MR) is 83.9 cm³/mol. The van der Waals surface area contributed by atoms with Gasteiger partial charge in [-0.05, 0) is 27.7 Å². The molecule has 1 aliphatic heterocycles. The number of cyclic esters (lactones) is 4. The molecular formula is C16H24O10. The average molecular weight is 376 g/mol. The molecule has 0 radical (unpaired) electrons. The fourth-order valence-corrected chi connectivity index (χ4v) is 1.78. The lowest BCUT2D eigenvalue weighted by Crippen LogP contribution is -2.35. The summed E-state index contributed by atoms with van der Waals surface area (Å²) in [5.74, 6) is -2.89. The topological polar surface area (TPSA) is 124 Å². The summed E-state index contributed by atoms with van der Waals surface area (Å²) in [5.41, 5.74) is 0. The molecule has 0 spiro atoms. The van der Waals surface area contributed by atoms with Crippen LogP contribution in [0.25, 0.3) is 0 Å². The highest BCUT2D eigenvalue weighted by Gasteiger charge is 2.24. The van der Waals surface area contributed by atoms with Crippen LogP contribution in [0.4, 0.5) is 0 Å². The van der Waals surface area contributed by atoms with Gasteiger partial charge in [0.05, 0.1) is 0 Å². The number of ether oxygens (including phenoxy) is 6. The van der Waals surface area contributed by atoms with Gasteiger partial charge in [0.2, 0.25) is 0 Å². The minimum Gasteiger partial charge on any atom is -0.457 e. The van der Waals surface area contributed by atoms with Crippen LogP contribution in [0.5, 0.6) is 0 Å². The van der Waals surface area contributed by atoms with Gasteiger partial charge < -0.3 is 28.4 Å². The molecule has 0 aliphatic carbocycles. The van der Waals surface area contributed by atoms with Crippen LogP contribution in [0, 0.1) is 0 Å². The van der Waals surface area contributed by atoms with E-state index in [1.807, 2.05) is 0 Å². The van der Waals surface area contributed by atoms with Gasteiger partial charge in [0.25, 0.3) is 0 Å². The molecule has 1 fully saturated rings. The maximum absolute atomic E-state index is 11.7. The van der Waals surface area contributed by atoms with Crippen LogP contribution in [-0.4, -0.2) is 74.7 Å². The molecule has 1 saturated heterocycles. The summed E-state index contributed by atoms with van der Waals surface area (Å²) in [6.07, 6.45) is -2.98. The SMILES string of the molecule is CC1OC(=O)COCC(=O)OC(C)C(C)OC(=O)COCC(=O)OC1C. The molecule has 1 rings (SSSR count). The lowest BCUT2D eigenvalue weighted by atomic mass is 10.2. The van der Waals surface area contributed by atoms with Crippen LogP contribution in [0.2, 0.25) is 0 Å². The van der Waals surface area contributed by atoms with Gasteiger partial charge in [-0.3, -0.25) is 0 Å². The second kappa shape index (κ2) is 10.7. The number of esters is 4. The van der Waals surface area contributed by atoms with E-state index < -0.39 is 74.7 Å². The van der Waals surface area contributed by atoms with Gasteiger partial charge in [0.15, 0.2) is 0 Å². The Bertz CT molecular complexity index is 427. The summed E-state index contributed by atoms with van der Waals surface area (Å²) in [5, 5.41) is 0. The van der Waals surface area contributed by atoms with E-state index in [4.69, 9.17) is 28.4 Å². The Balaban J connectivity index is 2.69. The van der Waals surface area contributed by atoms with Crippen LogP contribution in [0.1, 0.15) is 27.7 Å². The van der Waals surface area contributed by atoms with E-state index in [9.17, 15) is 19.2 Å². The van der Waals surface area contributed by atoms with Crippen molar-refractivity contribution in [2.75, 3.05) is 26.4 Å². The molecule has 0 aromatic carbocycles. The lowest BCUT2D eigenvalue weighted by molar-refractivity contribution is -0.178. The minimum atomic E-state index is -0.744. The van der Waals surface area contributed by atoms with Crippen molar-refractivity contribution >= 4 is 23.9 Å². The normalized spacial score (nSPS) is 30.9. The molecule has 0 aromatic rings. The van der Waals surface area contributed by atoms with Crippen molar-refractivity contribution in [2.45, 2.75) is 52.1 Å². The van der Waals surface area contributed by atoms with E-state index in [-0.39, 0.29) is 0 Å². The molecule has 4 atom stereocenters. The standard InChI is InChI=1S/C16H24O10/c1-9-10(2)24-14(18)6-22-8-16(20)26-12(4)11(3)25-15(19)7-21-5-13(17)23-9/h9-12H,5-8H2,1-4H3. The fourth-order valence-electron chi connectivity index (χ4n) is 1.78. The molecule has 0 aromatic heterocycles. The van der Waals surface area contributed by atoms with Crippen molar-refractivity contribution < 1.29 is 47.6 Å². The van der Waals surface area contributed by atoms with Crippen molar-refractivity contribution in [2.24, 2.45) is 0 Å². The molecular weight excluding hydrogens is 352 g/mol. The van der Waals surface area contributed by atoms with Crippen LogP contribution < -0.4 is 0 Å². The predicted octanol–water partition coefficient (Wildman–Crippen LogP) is -0.240. The molecule has 0 saturated carbocycles. The van der Waals surface area contributed by atoms with Crippen molar-refractivity contribution in [1.82, 2.24) is 0 Å². The second-order valence-electron chi connectivity index (χ2n) is 5.77. The van der Waals surface area contributed by atoms with Crippen LogP contribution in [0.3, 0.4) is 0 Å². The maximum Gasteiger partial charge on any atom is 0.332 e. The Morgan fingerprint density at radius 1 is 0.500 bits per heavy atom. The number of carbonyl (C=O) groups is 4. The maximum atomic E-state index is 11.7. The van der Waals surface area contributed by atoms with Crippen LogP contribution in [-0.2, 0) is 47.6 Å². The molecule has 0 amide bonds. The zero-order chi connectivity index (χ0) is 19.7. The number of rotatable bonds is 0. The van der Waals surface area contributed by atoms with E-state index in [1.54, 1.807) is 0 Å². The van der Waals surface area contributed by atoms with Crippen molar-refractivity contribution in [3.05, 3.63) is 0 Å². The summed E-state index contributed by atoms with van der Waals surface area (Å²) >= 11 is 0. The summed E-state index contributed by atoms with van der Waals surface area (Å²) < 4.78 is 30.0. The number of hydrogen-bond donors (Lipinski definition) is 0. The molecule has 4 unspecified atom stereocenters. The Labute approximate surface area is 151 Å². The quantitative estimate of drug-likeness (QED) is 0.413. The highest BCUT2D eigenvalue weighted by molar-refractivity contribution is 5.74. The van der Waals surface area contributed by atoms with E-state index in [0.29, 0.717) is 0 Å². The average Bonchev–Trinajstić information content (AvgIpc) is 2.53. The van der Waals surface area contributed by atoms with Gasteiger partial charge in [-0.25, -0.2) is 19.2 Å². The number of hydrogen-bond acceptors (Lipinski definition) is 10. The molecule has 26 heavy (non-hydrogen) atoms. The summed E-state index contributed by atoms with van der Waals surface area (Å²) in [6, 6.07) is 0. The van der Waals surface area contributed by atoms with Gasteiger partial charge >= 0.3 is 23.9 Å². The van der Waals surface area contributed by atoms with Crippen LogP contribution in [0.15, 0.2) is 0 Å². The van der Waals surface area contributed by atoms with Gasteiger partial charge in [0, 0.05) is 0 Å². The molecule has 1 heterocycles. The smallest absolute Gasteiger partial charge is 0.332 e. The zero-order valence-corrected chi connectivity index (χ0v) is 15.2. The van der Waals surface area contributed by atoms with E-state index in [1.165, 1.54) is 27.7 Å². The van der Waals surface area contributed by atoms with E-state index in [0.717, 1.165) is 0 Å². The summed E-state index contributed by atoms with van der Waals surface area (Å²) in [7, 11) is 0. The molecule has 10 nitrogen and oxygen atoms in total. The molecule has 10 heteroatoms. The second-order valence-corrected chi connectivity index (χ2v) is 5.77. The Morgan fingerprint density at radius 2 is 0.692 bits per heavy atom. The molecule has 0 N–H and O–H groups in total. The van der Waals surface area contributed by atoms with Gasteiger partial charge in [-0.15, -0.1) is 0 Å². The first kappa shape index (κ1) is 21.8. The van der Waals surface area contributed by atoms with Gasteiger partial charge in [-0.1, -0.05) is 0 Å². The number of carbonyl (C=O) groups excluding carboxylic acids is 4. The molecule has 1 aliphatic rings. The lowest BCUT2D eigenvalue weighted by Gasteiger charge is -2.22. The van der Waals surface area contributed by atoms with Crippen molar-refractivity contribution in [1.29, 1.82) is 0 Å². The largest absolute Gasteiger partial charge is 0.457 e.